The van der Waals surface area contributed by atoms with Crippen molar-refractivity contribution < 1.29 is 13.2 Å². The van der Waals surface area contributed by atoms with Crippen LogP contribution in [0, 0.1) is 0 Å². The summed E-state index contributed by atoms with van der Waals surface area (Å²) in [4.78, 5) is 15.0. The van der Waals surface area contributed by atoms with Crippen molar-refractivity contribution in [1.29, 1.82) is 0 Å². The highest BCUT2D eigenvalue weighted by Crippen LogP contribution is 2.25. The van der Waals surface area contributed by atoms with Gasteiger partial charge in [0.25, 0.3) is 0 Å². The summed E-state index contributed by atoms with van der Waals surface area (Å²) >= 11 is 5.61. The van der Waals surface area contributed by atoms with Crippen LogP contribution in [0.5, 0.6) is 0 Å². The van der Waals surface area contributed by atoms with Crippen molar-refractivity contribution in [2.75, 3.05) is 6.54 Å². The van der Waals surface area contributed by atoms with Gasteiger partial charge in [0, 0.05) is 12.7 Å². The average Bonchev–Trinajstić information content (AvgIpc) is 2.79. The maximum Gasteiger partial charge on any atom is 0.245 e. The van der Waals surface area contributed by atoms with Gasteiger partial charge in [0.05, 0.1) is 0 Å². The minimum absolute atomic E-state index is 0. The normalized spacial score (nSPS) is 19.9. The molecule has 0 aliphatic carbocycles. The third-order valence-electron chi connectivity index (χ3n) is 2.84. The summed E-state index contributed by atoms with van der Waals surface area (Å²) in [6.45, 7) is 0.290. The summed E-state index contributed by atoms with van der Waals surface area (Å²) in [5, 5.41) is 0.210. The first-order chi connectivity index (χ1) is 8.43. The van der Waals surface area contributed by atoms with Crippen LogP contribution in [0.2, 0.25) is 5.15 Å². The van der Waals surface area contributed by atoms with Gasteiger partial charge < -0.3 is 5.73 Å². The number of primary amides is 1. The maximum atomic E-state index is 12.3. The summed E-state index contributed by atoms with van der Waals surface area (Å²) in [5.74, 6) is -0.627. The predicted octanol–water partition coefficient (Wildman–Crippen LogP) is 1.01. The third kappa shape index (κ3) is 3.05. The number of aromatic nitrogens is 1. The third-order valence-corrected chi connectivity index (χ3v) is 4.95. The molecule has 0 radical (unpaired) electrons. The zero-order valence-electron chi connectivity index (χ0n) is 9.41. The van der Waals surface area contributed by atoms with Gasteiger partial charge in [-0.1, -0.05) is 19.0 Å². The molecule has 106 valence electrons. The highest BCUT2D eigenvalue weighted by atomic mass is 35.5. The molecule has 0 saturated carbocycles. The Bertz CT molecular complexity index is 559. The fourth-order valence-corrected chi connectivity index (χ4v) is 3.68. The lowest BCUT2D eigenvalue weighted by molar-refractivity contribution is -0.121. The number of hydrogen-bond acceptors (Lipinski definition) is 4. The summed E-state index contributed by atoms with van der Waals surface area (Å²) in [6.07, 6.45) is 2.25. The molecule has 0 unspecified atom stereocenters. The molecule has 0 spiro atoms. The highest BCUT2D eigenvalue weighted by Gasteiger charge is 2.38. The molecule has 1 amide bonds. The van der Waals surface area contributed by atoms with Crippen LogP contribution in [0.25, 0.3) is 0 Å². The summed E-state index contributed by atoms with van der Waals surface area (Å²) in [5.41, 5.74) is 5.21. The second kappa shape index (κ2) is 5.85. The molecule has 1 aromatic heterocycles. The van der Waals surface area contributed by atoms with Crippen LogP contribution >= 0.6 is 11.6 Å². The molecule has 8 heteroatoms. The molecule has 6 nitrogen and oxygen atoms in total. The van der Waals surface area contributed by atoms with E-state index < -0.39 is 22.0 Å². The number of rotatable bonds is 3. The molecule has 2 rings (SSSR count). The van der Waals surface area contributed by atoms with Crippen molar-refractivity contribution in [2.24, 2.45) is 5.73 Å². The van der Waals surface area contributed by atoms with Crippen LogP contribution < -0.4 is 5.73 Å². The number of carbonyl (C=O) groups is 1. The van der Waals surface area contributed by atoms with E-state index in [1.54, 1.807) is 0 Å². The Kier molecular flexibility index (Phi) is 4.89. The second-order valence-corrected chi connectivity index (χ2v) is 6.27. The van der Waals surface area contributed by atoms with E-state index in [1.807, 2.05) is 0 Å². The Morgan fingerprint density at radius 2 is 2.16 bits per heavy atom. The number of hydrogen-bond donors (Lipinski definition) is 1. The van der Waals surface area contributed by atoms with Crippen LogP contribution in [0.3, 0.4) is 0 Å². The molecular weight excluding hydrogens is 290 g/mol. The van der Waals surface area contributed by atoms with Crippen molar-refractivity contribution >= 4 is 27.5 Å². The highest BCUT2D eigenvalue weighted by molar-refractivity contribution is 7.89. The monoisotopic (exact) mass is 305 g/mol. The molecule has 1 aliphatic rings. The number of amides is 1. The van der Waals surface area contributed by atoms with Crippen molar-refractivity contribution in [3.05, 3.63) is 23.5 Å². The lowest BCUT2D eigenvalue weighted by Crippen LogP contribution is -2.43. The van der Waals surface area contributed by atoms with Crippen LogP contribution in [-0.4, -0.2) is 36.2 Å². The molecule has 1 saturated heterocycles. The van der Waals surface area contributed by atoms with E-state index >= 15 is 0 Å². The number of nitrogens with two attached hydrogens (primary N) is 1. The second-order valence-electron chi connectivity index (χ2n) is 3.99. The lowest BCUT2D eigenvalue weighted by atomic mass is 10.2. The topological polar surface area (TPSA) is 93.4 Å². The number of sulfonamides is 1. The first-order valence-corrected chi connectivity index (χ1v) is 7.17. The molecule has 19 heavy (non-hydrogen) atoms. The average molecular weight is 306 g/mol. The zero-order valence-corrected chi connectivity index (χ0v) is 11.0. The standard InChI is InChI=1S/C10H12ClN3O3S.CH4/c11-9-4-3-7(6-13-9)18(16,17)14-5-1-2-8(14)10(12)15;/h3-4,6,8H,1-2,5H2,(H2,12,15);1H4/t8-;/m1./s1. The SMILES string of the molecule is C.NC(=O)[C@H]1CCCN1S(=O)(=O)c1ccc(Cl)nc1. The van der Waals surface area contributed by atoms with Crippen molar-refractivity contribution in [3.8, 4) is 0 Å². The Hall–Kier alpha value is -1.18. The molecule has 1 aliphatic heterocycles. The Labute approximate surface area is 117 Å². The molecule has 0 bridgehead atoms. The maximum absolute atomic E-state index is 12.3. The van der Waals surface area contributed by atoms with Gasteiger partial charge in [-0.25, -0.2) is 13.4 Å². The van der Waals surface area contributed by atoms with E-state index in [4.69, 9.17) is 17.3 Å². The van der Waals surface area contributed by atoms with Gasteiger partial charge in [-0.15, -0.1) is 0 Å². The van der Waals surface area contributed by atoms with Crippen molar-refractivity contribution in [1.82, 2.24) is 9.29 Å². The van der Waals surface area contributed by atoms with Crippen LogP contribution in [-0.2, 0) is 14.8 Å². The van der Waals surface area contributed by atoms with E-state index in [1.165, 1.54) is 18.3 Å². The van der Waals surface area contributed by atoms with Gasteiger partial charge in [-0.3, -0.25) is 4.79 Å². The number of pyridine rings is 1. The van der Waals surface area contributed by atoms with Gasteiger partial charge in [0.15, 0.2) is 0 Å². The number of nitrogens with zero attached hydrogens (tertiary/aromatic N) is 2. The quantitative estimate of drug-likeness (QED) is 0.843. The lowest BCUT2D eigenvalue weighted by Gasteiger charge is -2.21. The van der Waals surface area contributed by atoms with E-state index in [2.05, 4.69) is 4.98 Å². The Balaban J connectivity index is 0.00000180. The molecule has 2 heterocycles. The van der Waals surface area contributed by atoms with Gasteiger partial charge in [-0.2, -0.15) is 4.31 Å². The van der Waals surface area contributed by atoms with Gasteiger partial charge >= 0.3 is 0 Å². The molecule has 2 N–H and O–H groups in total. The van der Waals surface area contributed by atoms with Crippen LogP contribution in [0.1, 0.15) is 20.3 Å². The molecular formula is C11H16ClN3O3S. The molecule has 1 aromatic rings. The van der Waals surface area contributed by atoms with E-state index in [9.17, 15) is 13.2 Å². The number of carbonyl (C=O) groups excluding carboxylic acids is 1. The van der Waals surface area contributed by atoms with E-state index in [0.29, 0.717) is 19.4 Å². The summed E-state index contributed by atoms with van der Waals surface area (Å²) in [7, 11) is -3.74. The summed E-state index contributed by atoms with van der Waals surface area (Å²) in [6, 6.07) is 1.98. The zero-order chi connectivity index (χ0) is 13.3. The number of halogens is 1. The predicted molar refractivity (Wildman–Crippen MR) is 72.1 cm³/mol. The summed E-state index contributed by atoms with van der Waals surface area (Å²) < 4.78 is 25.7. The van der Waals surface area contributed by atoms with Gasteiger partial charge in [0.1, 0.15) is 16.1 Å². The van der Waals surface area contributed by atoms with Crippen molar-refractivity contribution in [3.63, 3.8) is 0 Å². The first kappa shape index (κ1) is 15.9. The Morgan fingerprint density at radius 3 is 2.68 bits per heavy atom. The molecule has 1 fully saturated rings. The minimum atomic E-state index is -3.74. The molecule has 0 aromatic carbocycles. The van der Waals surface area contributed by atoms with Crippen LogP contribution in [0.15, 0.2) is 23.2 Å². The molecule has 1 atom stereocenters. The fraction of sp³-hybridized carbons (Fsp3) is 0.455. The Morgan fingerprint density at radius 1 is 1.47 bits per heavy atom. The van der Waals surface area contributed by atoms with E-state index in [-0.39, 0.29) is 17.5 Å². The minimum Gasteiger partial charge on any atom is -0.368 e. The smallest absolute Gasteiger partial charge is 0.245 e. The fourth-order valence-electron chi connectivity index (χ4n) is 1.96. The van der Waals surface area contributed by atoms with Crippen LogP contribution in [0.4, 0.5) is 0 Å². The van der Waals surface area contributed by atoms with Crippen molar-refractivity contribution in [2.45, 2.75) is 31.2 Å². The first-order valence-electron chi connectivity index (χ1n) is 5.35. The van der Waals surface area contributed by atoms with Gasteiger partial charge in [-0.05, 0) is 25.0 Å². The van der Waals surface area contributed by atoms with E-state index in [0.717, 1.165) is 4.31 Å². The largest absolute Gasteiger partial charge is 0.368 e. The van der Waals surface area contributed by atoms with Gasteiger partial charge in [0.2, 0.25) is 15.9 Å².